The largest absolute Gasteiger partial charge is 0.466 e. The highest BCUT2D eigenvalue weighted by Gasteiger charge is 2.53. The number of esters is 3. The van der Waals surface area contributed by atoms with Crippen molar-refractivity contribution < 1.29 is 38.8 Å². The van der Waals surface area contributed by atoms with E-state index in [1.807, 2.05) is 0 Å². The zero-order chi connectivity index (χ0) is 23.2. The third-order valence-electron chi connectivity index (χ3n) is 5.42. The summed E-state index contributed by atoms with van der Waals surface area (Å²) in [6.45, 7) is 17.1. The molecule has 30 heavy (non-hydrogen) atoms. The highest BCUT2D eigenvalue weighted by atomic mass is 16.6. The summed E-state index contributed by atoms with van der Waals surface area (Å²) in [6.07, 6.45) is -0.510. The van der Waals surface area contributed by atoms with Crippen molar-refractivity contribution in [3.63, 3.8) is 0 Å². The smallest absolute Gasteiger partial charge is 0.337 e. The average Bonchev–Trinajstić information content (AvgIpc) is 2.70. The summed E-state index contributed by atoms with van der Waals surface area (Å²) in [5, 5.41) is 20.7. The second-order valence-corrected chi connectivity index (χ2v) is 7.57. The maximum atomic E-state index is 12.5. The van der Waals surface area contributed by atoms with Crippen molar-refractivity contribution in [3.05, 3.63) is 49.1 Å². The van der Waals surface area contributed by atoms with Crippen LogP contribution >= 0.6 is 0 Å². The third kappa shape index (κ3) is 5.46. The molecule has 2 N–H and O–H groups in total. The van der Waals surface area contributed by atoms with Gasteiger partial charge < -0.3 is 24.4 Å². The number of allylic oxidation sites excluding steroid dienone is 1. The SMILES string of the molecule is C=CC1(C)CC(OC(=O)C(=C)COC(C)=O)C(C(=C)C(=O)OC)C(O)C1C(=C)CO. The molecule has 0 radical (unpaired) electrons. The van der Waals surface area contributed by atoms with Crippen LogP contribution in [0, 0.1) is 17.3 Å². The fourth-order valence-corrected chi connectivity index (χ4v) is 3.80. The molecule has 0 spiro atoms. The quantitative estimate of drug-likeness (QED) is 0.248. The summed E-state index contributed by atoms with van der Waals surface area (Å²) in [6, 6.07) is 0. The predicted molar refractivity (Wildman–Crippen MR) is 109 cm³/mol. The molecular weight excluding hydrogens is 392 g/mol. The molecule has 1 fully saturated rings. The highest BCUT2D eigenvalue weighted by Crippen LogP contribution is 2.50. The molecule has 5 unspecified atom stereocenters. The van der Waals surface area contributed by atoms with Gasteiger partial charge in [-0.15, -0.1) is 6.58 Å². The average molecular weight is 422 g/mol. The molecule has 0 heterocycles. The highest BCUT2D eigenvalue weighted by molar-refractivity contribution is 5.90. The first-order valence-corrected chi connectivity index (χ1v) is 9.32. The van der Waals surface area contributed by atoms with Gasteiger partial charge in [0.1, 0.15) is 12.7 Å². The first-order valence-electron chi connectivity index (χ1n) is 9.32. The summed E-state index contributed by atoms with van der Waals surface area (Å²) in [7, 11) is 1.17. The minimum absolute atomic E-state index is 0.0877. The van der Waals surface area contributed by atoms with E-state index in [-0.39, 0.29) is 30.8 Å². The Bertz CT molecular complexity index is 752. The molecule has 0 aromatic rings. The fraction of sp³-hybridized carbons (Fsp3) is 0.500. The van der Waals surface area contributed by atoms with E-state index in [9.17, 15) is 24.6 Å². The Morgan fingerprint density at radius 3 is 2.27 bits per heavy atom. The van der Waals surface area contributed by atoms with Crippen molar-refractivity contribution in [1.82, 2.24) is 0 Å². The number of carbonyl (C=O) groups is 3. The third-order valence-corrected chi connectivity index (χ3v) is 5.42. The van der Waals surface area contributed by atoms with Gasteiger partial charge in [0.05, 0.1) is 31.3 Å². The second kappa shape index (κ2) is 10.4. The molecule has 0 bridgehead atoms. The number of aliphatic hydroxyl groups excluding tert-OH is 2. The van der Waals surface area contributed by atoms with Crippen LogP contribution in [0.15, 0.2) is 49.1 Å². The van der Waals surface area contributed by atoms with Gasteiger partial charge in [0.2, 0.25) is 0 Å². The zero-order valence-electron chi connectivity index (χ0n) is 17.7. The Kier molecular flexibility index (Phi) is 8.74. The number of carbonyl (C=O) groups excluding carboxylic acids is 3. The lowest BCUT2D eigenvalue weighted by molar-refractivity contribution is -0.162. The number of rotatable bonds is 9. The van der Waals surface area contributed by atoms with Gasteiger partial charge in [0.15, 0.2) is 0 Å². The lowest BCUT2D eigenvalue weighted by Gasteiger charge is -2.50. The molecule has 1 saturated carbocycles. The maximum Gasteiger partial charge on any atom is 0.337 e. The molecule has 0 aromatic carbocycles. The standard InChI is InChI=1S/C22H30O8/c1-8-22(6)9-16(30-20(26)13(3)11-29-15(5)24)17(14(4)21(27)28-7)19(25)18(22)12(2)10-23/h8,16-19,23,25H,1-4,9-11H2,5-7H3. The van der Waals surface area contributed by atoms with E-state index in [4.69, 9.17) is 14.2 Å². The van der Waals surface area contributed by atoms with Crippen molar-refractivity contribution >= 4 is 17.9 Å². The Morgan fingerprint density at radius 1 is 1.20 bits per heavy atom. The second-order valence-electron chi connectivity index (χ2n) is 7.57. The van der Waals surface area contributed by atoms with Crippen LogP contribution in [-0.2, 0) is 28.6 Å². The van der Waals surface area contributed by atoms with Crippen molar-refractivity contribution in [3.8, 4) is 0 Å². The number of aliphatic hydroxyl groups is 2. The van der Waals surface area contributed by atoms with Crippen molar-refractivity contribution in [2.45, 2.75) is 32.5 Å². The lowest BCUT2D eigenvalue weighted by atomic mass is 9.58. The van der Waals surface area contributed by atoms with Crippen LogP contribution < -0.4 is 0 Å². The Balaban J connectivity index is 3.30. The zero-order valence-corrected chi connectivity index (χ0v) is 17.7. The van der Waals surface area contributed by atoms with Crippen molar-refractivity contribution in [2.24, 2.45) is 17.3 Å². The van der Waals surface area contributed by atoms with Gasteiger partial charge in [-0.05, 0) is 17.4 Å². The van der Waals surface area contributed by atoms with Gasteiger partial charge in [0, 0.05) is 18.4 Å². The number of ether oxygens (including phenoxy) is 3. The molecule has 0 amide bonds. The number of methoxy groups -OCH3 is 1. The van der Waals surface area contributed by atoms with Crippen molar-refractivity contribution in [2.75, 3.05) is 20.3 Å². The molecule has 1 rings (SSSR count). The molecule has 5 atom stereocenters. The molecule has 0 aromatic heterocycles. The molecule has 0 aliphatic heterocycles. The molecule has 1 aliphatic carbocycles. The summed E-state index contributed by atoms with van der Waals surface area (Å²) in [5.41, 5.74) is -0.662. The van der Waals surface area contributed by atoms with Crippen LogP contribution in [0.5, 0.6) is 0 Å². The first-order chi connectivity index (χ1) is 13.9. The van der Waals surface area contributed by atoms with E-state index in [1.54, 1.807) is 13.0 Å². The van der Waals surface area contributed by atoms with Gasteiger partial charge in [-0.2, -0.15) is 0 Å². The molecule has 8 heteroatoms. The van der Waals surface area contributed by atoms with E-state index < -0.39 is 47.4 Å². The van der Waals surface area contributed by atoms with E-state index in [0.29, 0.717) is 5.57 Å². The van der Waals surface area contributed by atoms with E-state index >= 15 is 0 Å². The van der Waals surface area contributed by atoms with Crippen LogP contribution in [0.25, 0.3) is 0 Å². The van der Waals surface area contributed by atoms with Crippen molar-refractivity contribution in [1.29, 1.82) is 0 Å². The molecule has 0 saturated heterocycles. The van der Waals surface area contributed by atoms with Crippen LogP contribution in [0.3, 0.4) is 0 Å². The maximum absolute atomic E-state index is 12.5. The summed E-state index contributed by atoms with van der Waals surface area (Å²) >= 11 is 0. The molecule has 166 valence electrons. The van der Waals surface area contributed by atoms with Crippen LogP contribution in [-0.4, -0.2) is 60.7 Å². The van der Waals surface area contributed by atoms with Gasteiger partial charge in [-0.3, -0.25) is 4.79 Å². The van der Waals surface area contributed by atoms with Gasteiger partial charge in [-0.25, -0.2) is 9.59 Å². The Labute approximate surface area is 176 Å². The minimum Gasteiger partial charge on any atom is -0.466 e. The lowest BCUT2D eigenvalue weighted by Crippen LogP contribution is -2.54. The normalized spacial score (nSPS) is 28.0. The topological polar surface area (TPSA) is 119 Å². The van der Waals surface area contributed by atoms with Crippen LogP contribution in [0.2, 0.25) is 0 Å². The number of hydrogen-bond acceptors (Lipinski definition) is 8. The fourth-order valence-electron chi connectivity index (χ4n) is 3.80. The molecule has 8 nitrogen and oxygen atoms in total. The van der Waals surface area contributed by atoms with E-state index in [2.05, 4.69) is 26.3 Å². The number of hydrogen-bond donors (Lipinski definition) is 2. The van der Waals surface area contributed by atoms with Crippen LogP contribution in [0.1, 0.15) is 20.3 Å². The minimum atomic E-state index is -1.27. The monoisotopic (exact) mass is 422 g/mol. The van der Waals surface area contributed by atoms with Crippen LogP contribution in [0.4, 0.5) is 0 Å². The summed E-state index contributed by atoms with van der Waals surface area (Å²) < 4.78 is 15.0. The van der Waals surface area contributed by atoms with Gasteiger partial charge >= 0.3 is 17.9 Å². The summed E-state index contributed by atoms with van der Waals surface area (Å²) in [4.78, 5) is 35.6. The van der Waals surface area contributed by atoms with E-state index in [0.717, 1.165) is 0 Å². The Morgan fingerprint density at radius 2 is 1.80 bits per heavy atom. The molecule has 1 aliphatic rings. The Hall–Kier alpha value is -2.71. The van der Waals surface area contributed by atoms with Gasteiger partial charge in [0.25, 0.3) is 0 Å². The van der Waals surface area contributed by atoms with Gasteiger partial charge in [-0.1, -0.05) is 32.7 Å². The predicted octanol–water partition coefficient (Wildman–Crippen LogP) is 1.48. The summed E-state index contributed by atoms with van der Waals surface area (Å²) in [5.74, 6) is -3.90. The van der Waals surface area contributed by atoms with E-state index in [1.165, 1.54) is 14.0 Å². The molecular formula is C22H30O8. The first kappa shape index (κ1) is 25.3.